The molecule has 1 heterocycles. The van der Waals surface area contributed by atoms with Crippen molar-refractivity contribution in [2.24, 2.45) is 5.73 Å². The van der Waals surface area contributed by atoms with E-state index in [1.165, 1.54) is 19.3 Å². The van der Waals surface area contributed by atoms with Crippen LogP contribution >= 0.6 is 0 Å². The molecule has 2 unspecified atom stereocenters. The van der Waals surface area contributed by atoms with Crippen LogP contribution in [0.1, 0.15) is 37.4 Å². The highest BCUT2D eigenvalue weighted by Gasteiger charge is 2.24. The van der Waals surface area contributed by atoms with Crippen molar-refractivity contribution in [3.63, 3.8) is 0 Å². The van der Waals surface area contributed by atoms with Crippen LogP contribution in [0.4, 0.5) is 0 Å². The smallest absolute Gasteiger partial charge is 0.110 e. The molecular formula is C9H15N3. The largest absolute Gasteiger partial charge is 0.348 e. The molecule has 12 heavy (non-hydrogen) atoms. The number of nitrogens with zero attached hydrogens (tertiary/aromatic N) is 1. The Hall–Kier alpha value is -0.830. The van der Waals surface area contributed by atoms with E-state index in [4.69, 9.17) is 5.73 Å². The molecule has 0 aromatic carbocycles. The second kappa shape index (κ2) is 3.27. The number of aromatic nitrogens is 2. The van der Waals surface area contributed by atoms with Crippen LogP contribution in [-0.4, -0.2) is 16.0 Å². The van der Waals surface area contributed by atoms with E-state index in [-0.39, 0.29) is 0 Å². The van der Waals surface area contributed by atoms with Crippen LogP contribution in [0.5, 0.6) is 0 Å². The molecule has 1 aliphatic carbocycles. The predicted molar refractivity (Wildman–Crippen MR) is 47.8 cm³/mol. The van der Waals surface area contributed by atoms with Gasteiger partial charge in [0.15, 0.2) is 0 Å². The average Bonchev–Trinajstić information content (AvgIpc) is 2.57. The molecule has 1 aromatic heterocycles. The fraction of sp³-hybridized carbons (Fsp3) is 0.667. The summed E-state index contributed by atoms with van der Waals surface area (Å²) in [5, 5.41) is 0. The maximum atomic E-state index is 6.01. The summed E-state index contributed by atoms with van der Waals surface area (Å²) in [7, 11) is 0. The molecule has 3 N–H and O–H groups in total. The minimum Gasteiger partial charge on any atom is -0.348 e. The van der Waals surface area contributed by atoms with E-state index < -0.39 is 0 Å². The van der Waals surface area contributed by atoms with Crippen LogP contribution in [0.3, 0.4) is 0 Å². The number of rotatable bonds is 1. The van der Waals surface area contributed by atoms with Gasteiger partial charge in [-0.25, -0.2) is 4.98 Å². The predicted octanol–water partition coefficient (Wildman–Crippen LogP) is 1.39. The molecule has 0 spiro atoms. The van der Waals surface area contributed by atoms with Gasteiger partial charge in [-0.15, -0.1) is 0 Å². The molecule has 2 rings (SSSR count). The van der Waals surface area contributed by atoms with Crippen LogP contribution in [0, 0.1) is 0 Å². The summed E-state index contributed by atoms with van der Waals surface area (Å²) in [5.41, 5.74) is 6.01. The van der Waals surface area contributed by atoms with Gasteiger partial charge in [-0.1, -0.05) is 12.8 Å². The van der Waals surface area contributed by atoms with Gasteiger partial charge >= 0.3 is 0 Å². The summed E-state index contributed by atoms with van der Waals surface area (Å²) in [5.74, 6) is 1.54. The molecule has 0 amide bonds. The first-order valence-electron chi connectivity index (χ1n) is 4.63. The zero-order valence-electron chi connectivity index (χ0n) is 7.16. The standard InChI is InChI=1S/C9H15N3/c10-8-4-2-1-3-7(8)9-11-5-6-12-9/h5-8H,1-4,10H2,(H,11,12). The van der Waals surface area contributed by atoms with Crippen LogP contribution in [0.2, 0.25) is 0 Å². The Kier molecular flexibility index (Phi) is 2.13. The number of nitrogens with one attached hydrogen (secondary N) is 1. The fourth-order valence-corrected chi connectivity index (χ4v) is 1.98. The first kappa shape index (κ1) is 7.80. The highest BCUT2D eigenvalue weighted by molar-refractivity contribution is 5.02. The maximum absolute atomic E-state index is 6.01. The van der Waals surface area contributed by atoms with Gasteiger partial charge in [0.25, 0.3) is 0 Å². The topological polar surface area (TPSA) is 54.7 Å². The van der Waals surface area contributed by atoms with Crippen molar-refractivity contribution in [3.05, 3.63) is 18.2 Å². The van der Waals surface area contributed by atoms with E-state index in [1.807, 2.05) is 6.20 Å². The van der Waals surface area contributed by atoms with Gasteiger partial charge in [0.05, 0.1) is 0 Å². The van der Waals surface area contributed by atoms with Gasteiger partial charge in [0.1, 0.15) is 5.82 Å². The Labute approximate surface area is 72.4 Å². The molecule has 3 heteroatoms. The zero-order chi connectivity index (χ0) is 8.39. The molecular weight excluding hydrogens is 150 g/mol. The molecule has 1 saturated carbocycles. The van der Waals surface area contributed by atoms with E-state index in [0.29, 0.717) is 12.0 Å². The first-order chi connectivity index (χ1) is 5.88. The molecule has 1 fully saturated rings. The minimum atomic E-state index is 0.310. The Morgan fingerprint density at radius 1 is 1.42 bits per heavy atom. The second-order valence-corrected chi connectivity index (χ2v) is 3.53. The molecule has 3 nitrogen and oxygen atoms in total. The van der Waals surface area contributed by atoms with Crippen molar-refractivity contribution in [1.29, 1.82) is 0 Å². The number of imidazole rings is 1. The number of H-pyrrole nitrogens is 1. The molecule has 0 radical (unpaired) electrons. The molecule has 0 bridgehead atoms. The number of aromatic amines is 1. The van der Waals surface area contributed by atoms with Gasteiger partial charge in [-0.05, 0) is 12.8 Å². The SMILES string of the molecule is NC1CCCCC1c1ncc[nH]1. The van der Waals surface area contributed by atoms with E-state index >= 15 is 0 Å². The van der Waals surface area contributed by atoms with E-state index in [2.05, 4.69) is 9.97 Å². The second-order valence-electron chi connectivity index (χ2n) is 3.53. The van der Waals surface area contributed by atoms with E-state index in [0.717, 1.165) is 12.2 Å². The number of hydrogen-bond acceptors (Lipinski definition) is 2. The summed E-state index contributed by atoms with van der Waals surface area (Å²) in [6.07, 6.45) is 8.57. The molecule has 0 aliphatic heterocycles. The molecule has 1 aliphatic rings. The summed E-state index contributed by atoms with van der Waals surface area (Å²) < 4.78 is 0. The van der Waals surface area contributed by atoms with Crippen molar-refractivity contribution in [2.75, 3.05) is 0 Å². The van der Waals surface area contributed by atoms with Crippen molar-refractivity contribution in [2.45, 2.75) is 37.6 Å². The Morgan fingerprint density at radius 2 is 2.25 bits per heavy atom. The van der Waals surface area contributed by atoms with Gasteiger partial charge < -0.3 is 10.7 Å². The normalized spacial score (nSPS) is 30.4. The third kappa shape index (κ3) is 1.37. The van der Waals surface area contributed by atoms with Gasteiger partial charge in [-0.2, -0.15) is 0 Å². The van der Waals surface area contributed by atoms with Crippen LogP contribution in [0.15, 0.2) is 12.4 Å². The lowest BCUT2D eigenvalue weighted by Gasteiger charge is -2.26. The summed E-state index contributed by atoms with van der Waals surface area (Å²) in [6, 6.07) is 0.310. The van der Waals surface area contributed by atoms with Gasteiger partial charge in [0, 0.05) is 24.4 Å². The zero-order valence-corrected chi connectivity index (χ0v) is 7.16. The van der Waals surface area contributed by atoms with E-state index in [9.17, 15) is 0 Å². The lowest BCUT2D eigenvalue weighted by Crippen LogP contribution is -2.31. The Balaban J connectivity index is 2.11. The van der Waals surface area contributed by atoms with Crippen LogP contribution < -0.4 is 5.73 Å². The third-order valence-electron chi connectivity index (χ3n) is 2.69. The lowest BCUT2D eigenvalue weighted by molar-refractivity contribution is 0.375. The molecule has 2 atom stereocenters. The highest BCUT2D eigenvalue weighted by Crippen LogP contribution is 2.29. The third-order valence-corrected chi connectivity index (χ3v) is 2.69. The van der Waals surface area contributed by atoms with Gasteiger partial charge in [-0.3, -0.25) is 0 Å². The van der Waals surface area contributed by atoms with Crippen molar-refractivity contribution in [1.82, 2.24) is 9.97 Å². The molecule has 66 valence electrons. The minimum absolute atomic E-state index is 0.310. The average molecular weight is 165 g/mol. The van der Waals surface area contributed by atoms with Crippen molar-refractivity contribution in [3.8, 4) is 0 Å². The summed E-state index contributed by atoms with van der Waals surface area (Å²) in [6.45, 7) is 0. The fourth-order valence-electron chi connectivity index (χ4n) is 1.98. The Morgan fingerprint density at radius 3 is 2.92 bits per heavy atom. The van der Waals surface area contributed by atoms with Crippen LogP contribution in [-0.2, 0) is 0 Å². The first-order valence-corrected chi connectivity index (χ1v) is 4.63. The van der Waals surface area contributed by atoms with Crippen molar-refractivity contribution < 1.29 is 0 Å². The summed E-state index contributed by atoms with van der Waals surface area (Å²) in [4.78, 5) is 7.40. The lowest BCUT2D eigenvalue weighted by atomic mass is 9.85. The summed E-state index contributed by atoms with van der Waals surface area (Å²) >= 11 is 0. The molecule has 0 saturated heterocycles. The Bertz CT molecular complexity index is 230. The maximum Gasteiger partial charge on any atom is 0.110 e. The van der Waals surface area contributed by atoms with Gasteiger partial charge in [0.2, 0.25) is 0 Å². The number of nitrogens with two attached hydrogens (primary N) is 1. The number of hydrogen-bond donors (Lipinski definition) is 2. The quantitative estimate of drug-likeness (QED) is 0.660. The highest BCUT2D eigenvalue weighted by atomic mass is 14.9. The van der Waals surface area contributed by atoms with E-state index in [1.54, 1.807) is 6.20 Å². The van der Waals surface area contributed by atoms with Crippen molar-refractivity contribution >= 4 is 0 Å². The van der Waals surface area contributed by atoms with Crippen LogP contribution in [0.25, 0.3) is 0 Å². The monoisotopic (exact) mass is 165 g/mol. The molecule has 1 aromatic rings.